The molecule has 1 aliphatic heterocycles. The molecule has 0 spiro atoms. The Bertz CT molecular complexity index is 859. The van der Waals surface area contributed by atoms with Gasteiger partial charge in [-0.3, -0.25) is 19.4 Å². The summed E-state index contributed by atoms with van der Waals surface area (Å²) in [4.78, 5) is 29.0. The van der Waals surface area contributed by atoms with Gasteiger partial charge in [-0.1, -0.05) is 12.1 Å². The summed E-state index contributed by atoms with van der Waals surface area (Å²) in [6, 6.07) is 11.2. The van der Waals surface area contributed by atoms with Crippen molar-refractivity contribution in [1.82, 2.24) is 20.4 Å². The van der Waals surface area contributed by atoms with Crippen molar-refractivity contribution in [2.45, 2.75) is 32.5 Å². The van der Waals surface area contributed by atoms with Gasteiger partial charge in [-0.05, 0) is 43.7 Å². The minimum absolute atomic E-state index is 0.0279. The number of rotatable bonds is 10. The van der Waals surface area contributed by atoms with E-state index in [9.17, 15) is 9.59 Å². The van der Waals surface area contributed by atoms with Crippen molar-refractivity contribution in [1.29, 1.82) is 0 Å². The van der Waals surface area contributed by atoms with Crippen LogP contribution in [0, 0.1) is 0 Å². The zero-order valence-electron chi connectivity index (χ0n) is 19.2. The van der Waals surface area contributed by atoms with Gasteiger partial charge in [0.2, 0.25) is 5.91 Å². The summed E-state index contributed by atoms with van der Waals surface area (Å²) in [5, 5.41) is 5.72. The number of morpholine rings is 1. The van der Waals surface area contributed by atoms with Gasteiger partial charge in [-0.15, -0.1) is 0 Å². The van der Waals surface area contributed by atoms with Gasteiger partial charge in [0.15, 0.2) is 0 Å². The maximum Gasteiger partial charge on any atom is 0.251 e. The number of furan rings is 1. The van der Waals surface area contributed by atoms with Gasteiger partial charge < -0.3 is 19.8 Å². The fourth-order valence-electron chi connectivity index (χ4n) is 3.81. The van der Waals surface area contributed by atoms with E-state index >= 15 is 0 Å². The summed E-state index contributed by atoms with van der Waals surface area (Å²) >= 11 is 0. The van der Waals surface area contributed by atoms with Crippen molar-refractivity contribution < 1.29 is 18.7 Å². The molecule has 0 saturated carbocycles. The first-order chi connectivity index (χ1) is 15.4. The monoisotopic (exact) mass is 442 g/mol. The standard InChI is InChI=1S/C24H34N4O4/c1-24(2,28-10-13-31-14-11-28)18-26-22(29)17-27(16-21-5-4-12-32-21)15-19-6-8-20(9-7-19)23(30)25-3/h4-9,12H,10-11,13-18H2,1-3H3,(H,25,30)(H,26,29). The summed E-state index contributed by atoms with van der Waals surface area (Å²) in [6.45, 7) is 9.40. The van der Waals surface area contributed by atoms with Crippen LogP contribution in [0.5, 0.6) is 0 Å². The van der Waals surface area contributed by atoms with Crippen LogP contribution in [0.3, 0.4) is 0 Å². The van der Waals surface area contributed by atoms with Crippen LogP contribution in [0.15, 0.2) is 47.1 Å². The summed E-state index contributed by atoms with van der Waals surface area (Å²) in [5.41, 5.74) is 1.49. The van der Waals surface area contributed by atoms with Crippen molar-refractivity contribution in [3.8, 4) is 0 Å². The fraction of sp³-hybridized carbons (Fsp3) is 0.500. The highest BCUT2D eigenvalue weighted by atomic mass is 16.5. The van der Waals surface area contributed by atoms with Crippen molar-refractivity contribution >= 4 is 11.8 Å². The summed E-state index contributed by atoms with van der Waals surface area (Å²) in [6.07, 6.45) is 1.64. The van der Waals surface area contributed by atoms with Gasteiger partial charge in [0, 0.05) is 44.3 Å². The van der Waals surface area contributed by atoms with Gasteiger partial charge >= 0.3 is 0 Å². The highest BCUT2D eigenvalue weighted by Gasteiger charge is 2.28. The second kappa shape index (κ2) is 11.3. The molecule has 1 aromatic carbocycles. The van der Waals surface area contributed by atoms with Crippen molar-refractivity contribution in [2.75, 3.05) is 46.4 Å². The predicted octanol–water partition coefficient (Wildman–Crippen LogP) is 1.87. The number of nitrogens with one attached hydrogen (secondary N) is 2. The molecule has 0 aliphatic carbocycles. The molecular weight excluding hydrogens is 408 g/mol. The Morgan fingerprint density at radius 3 is 2.44 bits per heavy atom. The highest BCUT2D eigenvalue weighted by molar-refractivity contribution is 5.93. The number of benzene rings is 1. The van der Waals surface area contributed by atoms with Gasteiger partial charge in [0.1, 0.15) is 5.76 Å². The van der Waals surface area contributed by atoms with E-state index in [0.717, 1.165) is 37.6 Å². The number of carbonyl (C=O) groups excluding carboxylic acids is 2. The molecule has 8 nitrogen and oxygen atoms in total. The third kappa shape index (κ3) is 6.91. The van der Waals surface area contributed by atoms with Crippen LogP contribution in [0.2, 0.25) is 0 Å². The number of nitrogens with zero attached hydrogens (tertiary/aromatic N) is 2. The van der Waals surface area contributed by atoms with Crippen LogP contribution in [-0.4, -0.2) is 73.6 Å². The number of hydrogen-bond donors (Lipinski definition) is 2. The molecule has 2 amide bonds. The number of carbonyl (C=O) groups is 2. The van der Waals surface area contributed by atoms with E-state index in [1.54, 1.807) is 25.4 Å². The van der Waals surface area contributed by atoms with Crippen LogP contribution < -0.4 is 10.6 Å². The minimum Gasteiger partial charge on any atom is -0.468 e. The van der Waals surface area contributed by atoms with E-state index in [1.807, 2.05) is 29.2 Å². The number of ether oxygens (including phenoxy) is 1. The van der Waals surface area contributed by atoms with Crippen LogP contribution in [0.1, 0.15) is 35.5 Å². The summed E-state index contributed by atoms with van der Waals surface area (Å²) in [7, 11) is 1.61. The largest absolute Gasteiger partial charge is 0.468 e. The molecule has 3 rings (SSSR count). The number of hydrogen-bond acceptors (Lipinski definition) is 6. The first-order valence-corrected chi connectivity index (χ1v) is 11.0. The molecule has 2 aromatic rings. The Balaban J connectivity index is 1.59. The average molecular weight is 443 g/mol. The minimum atomic E-state index is -0.138. The zero-order valence-corrected chi connectivity index (χ0v) is 19.2. The van der Waals surface area contributed by atoms with Gasteiger partial charge in [-0.2, -0.15) is 0 Å². The summed E-state index contributed by atoms with van der Waals surface area (Å²) in [5.74, 6) is 0.652. The van der Waals surface area contributed by atoms with E-state index in [4.69, 9.17) is 9.15 Å². The molecule has 1 fully saturated rings. The zero-order chi connectivity index (χ0) is 23.0. The maximum atomic E-state index is 12.8. The molecule has 0 bridgehead atoms. The van der Waals surface area contributed by atoms with Gasteiger partial charge in [0.25, 0.3) is 5.91 Å². The van der Waals surface area contributed by atoms with Crippen LogP contribution >= 0.6 is 0 Å². The summed E-state index contributed by atoms with van der Waals surface area (Å²) < 4.78 is 10.9. The third-order valence-electron chi connectivity index (χ3n) is 5.76. The normalized spacial score (nSPS) is 15.0. The fourth-order valence-corrected chi connectivity index (χ4v) is 3.81. The second-order valence-corrected chi connectivity index (χ2v) is 8.69. The lowest BCUT2D eigenvalue weighted by Gasteiger charge is -2.41. The molecule has 0 atom stereocenters. The van der Waals surface area contributed by atoms with E-state index < -0.39 is 0 Å². The van der Waals surface area contributed by atoms with Crippen LogP contribution in [0.25, 0.3) is 0 Å². The Morgan fingerprint density at radius 2 is 1.81 bits per heavy atom. The van der Waals surface area contributed by atoms with Crippen LogP contribution in [0.4, 0.5) is 0 Å². The quantitative estimate of drug-likeness (QED) is 0.584. The van der Waals surface area contributed by atoms with Crippen molar-refractivity contribution in [3.05, 3.63) is 59.5 Å². The molecule has 8 heteroatoms. The molecule has 2 N–H and O–H groups in total. The molecule has 1 saturated heterocycles. The van der Waals surface area contributed by atoms with E-state index in [2.05, 4.69) is 29.4 Å². The first-order valence-electron chi connectivity index (χ1n) is 11.0. The van der Waals surface area contributed by atoms with Crippen molar-refractivity contribution in [3.63, 3.8) is 0 Å². The molecule has 0 radical (unpaired) electrons. The SMILES string of the molecule is CNC(=O)c1ccc(CN(CC(=O)NCC(C)(C)N2CCOCC2)Cc2ccco2)cc1. The van der Waals surface area contributed by atoms with Gasteiger partial charge in [0.05, 0.1) is 32.6 Å². The van der Waals surface area contributed by atoms with Crippen molar-refractivity contribution in [2.24, 2.45) is 0 Å². The molecule has 1 aliphatic rings. The third-order valence-corrected chi connectivity index (χ3v) is 5.76. The molecule has 32 heavy (non-hydrogen) atoms. The van der Waals surface area contributed by atoms with Gasteiger partial charge in [-0.25, -0.2) is 0 Å². The Morgan fingerprint density at radius 1 is 1.09 bits per heavy atom. The lowest BCUT2D eigenvalue weighted by molar-refractivity contribution is -0.123. The molecule has 0 unspecified atom stereocenters. The lowest BCUT2D eigenvalue weighted by Crippen LogP contribution is -2.56. The first kappa shape index (κ1) is 24.0. The van der Waals surface area contributed by atoms with E-state index in [1.165, 1.54) is 0 Å². The second-order valence-electron chi connectivity index (χ2n) is 8.69. The topological polar surface area (TPSA) is 87.1 Å². The molecule has 174 valence electrons. The van der Waals surface area contributed by atoms with E-state index in [0.29, 0.717) is 25.2 Å². The highest BCUT2D eigenvalue weighted by Crippen LogP contribution is 2.16. The maximum absolute atomic E-state index is 12.8. The van der Waals surface area contributed by atoms with E-state index in [-0.39, 0.29) is 23.9 Å². The van der Waals surface area contributed by atoms with Crippen LogP contribution in [-0.2, 0) is 22.6 Å². The lowest BCUT2D eigenvalue weighted by atomic mass is 10.0. The smallest absolute Gasteiger partial charge is 0.251 e. The average Bonchev–Trinajstić information content (AvgIpc) is 3.31. The predicted molar refractivity (Wildman–Crippen MR) is 122 cm³/mol. The number of amides is 2. The Labute approximate surface area is 189 Å². The Hall–Kier alpha value is -2.68. The molecule has 2 heterocycles. The molecular formula is C24H34N4O4. The molecule has 1 aromatic heterocycles. The Kier molecular flexibility index (Phi) is 8.44.